The molecule has 0 unspecified atom stereocenters. The second-order valence-corrected chi connectivity index (χ2v) is 9.33. The number of fused-ring (bicyclic) bond motifs is 5. The fourth-order valence-corrected chi connectivity index (χ4v) is 5.32. The number of aromatic carboxylic acids is 1. The van der Waals surface area contributed by atoms with Crippen LogP contribution < -0.4 is 4.72 Å². The molecule has 0 aliphatic heterocycles. The Morgan fingerprint density at radius 1 is 0.968 bits per heavy atom. The zero-order valence-electron chi connectivity index (χ0n) is 16.4. The van der Waals surface area contributed by atoms with Crippen LogP contribution in [0, 0.1) is 0 Å². The van der Waals surface area contributed by atoms with Gasteiger partial charge in [0.15, 0.2) is 0 Å². The van der Waals surface area contributed by atoms with Gasteiger partial charge in [-0.2, -0.15) is 0 Å². The molecule has 158 valence electrons. The molecule has 0 saturated heterocycles. The predicted molar refractivity (Wildman–Crippen MR) is 116 cm³/mol. The van der Waals surface area contributed by atoms with E-state index in [1.54, 1.807) is 6.07 Å². The van der Waals surface area contributed by atoms with E-state index in [9.17, 15) is 23.4 Å². The summed E-state index contributed by atoms with van der Waals surface area (Å²) in [5, 5.41) is 21.3. The van der Waals surface area contributed by atoms with Crippen LogP contribution in [0.5, 0.6) is 5.75 Å². The van der Waals surface area contributed by atoms with Crippen molar-refractivity contribution in [1.29, 1.82) is 0 Å². The summed E-state index contributed by atoms with van der Waals surface area (Å²) in [7, 11) is -4.11. The van der Waals surface area contributed by atoms with Crippen LogP contribution in [0.4, 0.5) is 5.69 Å². The smallest absolute Gasteiger partial charge is 0.339 e. The highest BCUT2D eigenvalue weighted by atomic mass is 32.2. The first-order chi connectivity index (χ1) is 14.8. The molecule has 8 heteroatoms. The maximum Gasteiger partial charge on any atom is 0.339 e. The first-order valence-corrected chi connectivity index (χ1v) is 11.4. The number of carboxylic acids is 1. The standard InChI is InChI=1S/C23H19NO6S/c25-20-10-9-13(11-18(20)23(26)27)31(28,29)24-19-12-17-15-6-3-4-8-21(15)30-22(17)16-7-2-1-5-14(16)19/h1-2,5,7,9-12,24-25H,3-4,6,8H2,(H,26,27). The van der Waals surface area contributed by atoms with E-state index in [1.807, 2.05) is 24.3 Å². The SMILES string of the molecule is O=C(O)c1cc(S(=O)(=O)Nc2cc3c4c(oc3c3ccccc23)CCCC4)ccc1O. The maximum atomic E-state index is 13.1. The number of aromatic hydroxyl groups is 1. The van der Waals surface area contributed by atoms with Crippen LogP contribution in [-0.4, -0.2) is 24.6 Å². The zero-order valence-corrected chi connectivity index (χ0v) is 17.2. The number of hydrogen-bond acceptors (Lipinski definition) is 5. The fourth-order valence-electron chi connectivity index (χ4n) is 4.22. The quantitative estimate of drug-likeness (QED) is 0.427. The van der Waals surface area contributed by atoms with Crippen molar-refractivity contribution in [3.8, 4) is 5.75 Å². The molecule has 1 aromatic heterocycles. The number of aryl methyl sites for hydroxylation is 2. The minimum Gasteiger partial charge on any atom is -0.507 e. The Kier molecular flexibility index (Phi) is 4.40. The minimum absolute atomic E-state index is 0.249. The Bertz CT molecular complexity index is 1470. The van der Waals surface area contributed by atoms with Gasteiger partial charge in [0.2, 0.25) is 0 Å². The molecule has 0 atom stereocenters. The Labute approximate surface area is 178 Å². The lowest BCUT2D eigenvalue weighted by Gasteiger charge is -2.13. The first-order valence-electron chi connectivity index (χ1n) is 9.90. The molecule has 5 rings (SSSR count). The summed E-state index contributed by atoms with van der Waals surface area (Å²) in [5.41, 5.74) is 1.78. The number of anilines is 1. The molecule has 3 aromatic carbocycles. The second-order valence-electron chi connectivity index (χ2n) is 7.65. The van der Waals surface area contributed by atoms with Crippen LogP contribution in [0.15, 0.2) is 57.8 Å². The van der Waals surface area contributed by atoms with E-state index in [2.05, 4.69) is 4.72 Å². The molecule has 1 aliphatic rings. The monoisotopic (exact) mass is 437 g/mol. The van der Waals surface area contributed by atoms with E-state index in [-0.39, 0.29) is 4.90 Å². The third-order valence-electron chi connectivity index (χ3n) is 5.72. The molecule has 0 saturated carbocycles. The average molecular weight is 437 g/mol. The molecule has 4 aromatic rings. The van der Waals surface area contributed by atoms with Crippen molar-refractivity contribution < 1.29 is 27.8 Å². The van der Waals surface area contributed by atoms with Crippen molar-refractivity contribution in [2.45, 2.75) is 30.6 Å². The number of rotatable bonds is 4. The van der Waals surface area contributed by atoms with Crippen molar-refractivity contribution in [3.05, 3.63) is 65.4 Å². The number of furan rings is 1. The zero-order chi connectivity index (χ0) is 21.8. The number of benzene rings is 3. The van der Waals surface area contributed by atoms with Gasteiger partial charge in [-0.05, 0) is 43.5 Å². The van der Waals surface area contributed by atoms with Crippen LogP contribution in [0.1, 0.15) is 34.5 Å². The molecular formula is C23H19NO6S. The Morgan fingerprint density at radius 2 is 1.71 bits per heavy atom. The molecular weight excluding hydrogens is 418 g/mol. The van der Waals surface area contributed by atoms with Crippen molar-refractivity contribution in [2.75, 3.05) is 4.72 Å². The summed E-state index contributed by atoms with van der Waals surface area (Å²) in [4.78, 5) is 11.1. The van der Waals surface area contributed by atoms with E-state index in [4.69, 9.17) is 4.42 Å². The van der Waals surface area contributed by atoms with Gasteiger partial charge in [0, 0.05) is 28.1 Å². The van der Waals surface area contributed by atoms with E-state index >= 15 is 0 Å². The van der Waals surface area contributed by atoms with Gasteiger partial charge in [0.05, 0.1) is 10.6 Å². The van der Waals surface area contributed by atoms with E-state index < -0.39 is 27.3 Å². The van der Waals surface area contributed by atoms with Crippen molar-refractivity contribution >= 4 is 43.4 Å². The van der Waals surface area contributed by atoms with Crippen LogP contribution in [0.2, 0.25) is 0 Å². The molecule has 0 spiro atoms. The molecule has 0 radical (unpaired) electrons. The summed E-state index contributed by atoms with van der Waals surface area (Å²) in [6.07, 6.45) is 3.87. The molecule has 1 heterocycles. The molecule has 31 heavy (non-hydrogen) atoms. The molecule has 0 fully saturated rings. The van der Waals surface area contributed by atoms with Gasteiger partial charge >= 0.3 is 5.97 Å². The summed E-state index contributed by atoms with van der Waals surface area (Å²) >= 11 is 0. The van der Waals surface area contributed by atoms with Gasteiger partial charge in [-0.15, -0.1) is 0 Å². The number of hydrogen-bond donors (Lipinski definition) is 3. The highest BCUT2D eigenvalue weighted by molar-refractivity contribution is 7.92. The number of carboxylic acid groups (broad SMARTS) is 1. The molecule has 7 nitrogen and oxygen atoms in total. The Hall–Kier alpha value is -3.52. The van der Waals surface area contributed by atoms with Gasteiger partial charge in [-0.25, -0.2) is 13.2 Å². The number of nitrogens with one attached hydrogen (secondary N) is 1. The Morgan fingerprint density at radius 3 is 2.48 bits per heavy atom. The number of sulfonamides is 1. The third-order valence-corrected chi connectivity index (χ3v) is 7.08. The average Bonchev–Trinajstić information content (AvgIpc) is 3.12. The Balaban J connectivity index is 1.68. The molecule has 0 amide bonds. The van der Waals surface area contributed by atoms with Gasteiger partial charge in [0.1, 0.15) is 22.7 Å². The highest BCUT2D eigenvalue weighted by Gasteiger charge is 2.24. The lowest BCUT2D eigenvalue weighted by molar-refractivity contribution is 0.0693. The topological polar surface area (TPSA) is 117 Å². The fraction of sp³-hybridized carbons (Fsp3) is 0.174. The normalized spacial score (nSPS) is 13.9. The van der Waals surface area contributed by atoms with Gasteiger partial charge < -0.3 is 14.6 Å². The van der Waals surface area contributed by atoms with Crippen LogP contribution >= 0.6 is 0 Å². The number of phenols is 1. The lowest BCUT2D eigenvalue weighted by atomic mass is 9.94. The van der Waals surface area contributed by atoms with Gasteiger partial charge in [0.25, 0.3) is 10.0 Å². The van der Waals surface area contributed by atoms with E-state index in [0.717, 1.165) is 65.5 Å². The van der Waals surface area contributed by atoms with Gasteiger partial charge in [-0.1, -0.05) is 24.3 Å². The van der Waals surface area contributed by atoms with Gasteiger partial charge in [-0.3, -0.25) is 4.72 Å². The van der Waals surface area contributed by atoms with Crippen LogP contribution in [-0.2, 0) is 22.9 Å². The van der Waals surface area contributed by atoms with Crippen LogP contribution in [0.25, 0.3) is 21.7 Å². The molecule has 3 N–H and O–H groups in total. The lowest BCUT2D eigenvalue weighted by Crippen LogP contribution is -2.14. The first kappa shape index (κ1) is 19.4. The largest absolute Gasteiger partial charge is 0.507 e. The minimum atomic E-state index is -4.11. The van der Waals surface area contributed by atoms with Crippen molar-refractivity contribution in [1.82, 2.24) is 0 Å². The molecule has 0 bridgehead atoms. The van der Waals surface area contributed by atoms with Crippen molar-refractivity contribution in [2.24, 2.45) is 0 Å². The van der Waals surface area contributed by atoms with E-state index in [1.165, 1.54) is 6.07 Å². The second kappa shape index (κ2) is 7.02. The van der Waals surface area contributed by atoms with E-state index in [0.29, 0.717) is 11.1 Å². The predicted octanol–water partition coefficient (Wildman–Crippen LogP) is 4.67. The molecule has 1 aliphatic carbocycles. The van der Waals surface area contributed by atoms with Crippen molar-refractivity contribution in [3.63, 3.8) is 0 Å². The maximum absolute atomic E-state index is 13.1. The summed E-state index contributed by atoms with van der Waals surface area (Å²) < 4.78 is 34.9. The summed E-state index contributed by atoms with van der Waals surface area (Å²) in [6.45, 7) is 0. The highest BCUT2D eigenvalue weighted by Crippen LogP contribution is 2.40. The summed E-state index contributed by atoms with van der Waals surface area (Å²) in [5.74, 6) is -0.953. The van der Waals surface area contributed by atoms with Crippen LogP contribution in [0.3, 0.4) is 0 Å². The number of carbonyl (C=O) groups is 1. The third kappa shape index (κ3) is 3.19. The summed E-state index contributed by atoms with van der Waals surface area (Å²) in [6, 6.07) is 12.4.